The topological polar surface area (TPSA) is 55.2 Å². The number of anilines is 1. The van der Waals surface area contributed by atoms with Gasteiger partial charge in [-0.05, 0) is 41.7 Å². The molecule has 0 radical (unpaired) electrons. The van der Waals surface area contributed by atoms with Gasteiger partial charge in [0.05, 0.1) is 21.7 Å². The summed E-state index contributed by atoms with van der Waals surface area (Å²) < 4.78 is 0. The van der Waals surface area contributed by atoms with Gasteiger partial charge >= 0.3 is 0 Å². The fraction of sp³-hybridized carbons (Fsp3) is 0.222. The second kappa shape index (κ2) is 6.20. The highest BCUT2D eigenvalue weighted by Crippen LogP contribution is 2.52. The zero-order valence-electron chi connectivity index (χ0n) is 12.9. The van der Waals surface area contributed by atoms with Crippen LogP contribution in [0.5, 0.6) is 0 Å². The van der Waals surface area contributed by atoms with Gasteiger partial charge in [-0.3, -0.25) is 10.1 Å². The van der Waals surface area contributed by atoms with E-state index in [0.717, 1.165) is 23.2 Å². The molecule has 0 fully saturated rings. The van der Waals surface area contributed by atoms with Crippen molar-refractivity contribution in [1.82, 2.24) is 0 Å². The van der Waals surface area contributed by atoms with E-state index in [1.165, 1.54) is 0 Å². The van der Waals surface area contributed by atoms with Crippen LogP contribution in [-0.4, -0.2) is 4.92 Å². The summed E-state index contributed by atoms with van der Waals surface area (Å²) in [6.07, 6.45) is 5.18. The molecule has 4 nitrogen and oxygen atoms in total. The molecule has 128 valence electrons. The minimum atomic E-state index is -0.459. The van der Waals surface area contributed by atoms with E-state index in [1.54, 1.807) is 18.2 Å². The van der Waals surface area contributed by atoms with Crippen LogP contribution < -0.4 is 5.32 Å². The standard InChI is InChI=1S/C18H13Cl3N2O2/c19-10-7-13-11-2-1-3-12(11)17(22-18(13)15(21)8-10)9-4-5-14(20)16(6-9)23(24)25/h1-2,4-8,11-12,17,22H,3H2/t11?,12?,17-/m1/s1. The van der Waals surface area contributed by atoms with Gasteiger partial charge in [0, 0.05) is 17.0 Å². The van der Waals surface area contributed by atoms with Gasteiger partial charge in [-0.15, -0.1) is 0 Å². The molecule has 2 aromatic rings. The Bertz CT molecular complexity index is 913. The number of halogens is 3. The Morgan fingerprint density at radius 3 is 2.68 bits per heavy atom. The number of hydrogen-bond donors (Lipinski definition) is 1. The van der Waals surface area contributed by atoms with Gasteiger partial charge in [0.2, 0.25) is 0 Å². The molecule has 4 rings (SSSR count). The lowest BCUT2D eigenvalue weighted by Gasteiger charge is -2.38. The molecule has 2 aromatic carbocycles. The first-order valence-corrected chi connectivity index (χ1v) is 8.95. The number of allylic oxidation sites excluding steroid dienone is 2. The van der Waals surface area contributed by atoms with Crippen LogP contribution in [0.2, 0.25) is 15.1 Å². The third-order valence-electron chi connectivity index (χ3n) is 4.91. The summed E-state index contributed by atoms with van der Waals surface area (Å²) in [6, 6.07) is 8.50. The van der Waals surface area contributed by atoms with E-state index in [-0.39, 0.29) is 28.6 Å². The number of nitro benzene ring substituents is 1. The molecule has 0 bridgehead atoms. The Labute approximate surface area is 159 Å². The second-order valence-corrected chi connectivity index (χ2v) is 7.55. The number of nitro groups is 1. The fourth-order valence-electron chi connectivity index (χ4n) is 3.81. The number of hydrogen-bond acceptors (Lipinski definition) is 3. The minimum Gasteiger partial charge on any atom is -0.376 e. The third-order valence-corrected chi connectivity index (χ3v) is 5.75. The molecule has 0 saturated carbocycles. The maximum atomic E-state index is 11.2. The monoisotopic (exact) mass is 394 g/mol. The van der Waals surface area contributed by atoms with Crippen molar-refractivity contribution in [2.75, 3.05) is 5.32 Å². The van der Waals surface area contributed by atoms with E-state index in [2.05, 4.69) is 17.5 Å². The molecule has 0 amide bonds. The number of fused-ring (bicyclic) bond motifs is 3. The quantitative estimate of drug-likeness (QED) is 0.364. The molecule has 25 heavy (non-hydrogen) atoms. The van der Waals surface area contributed by atoms with Crippen molar-refractivity contribution < 1.29 is 4.92 Å². The number of nitrogens with one attached hydrogen (secondary N) is 1. The highest BCUT2D eigenvalue weighted by Gasteiger charge is 2.39. The van der Waals surface area contributed by atoms with E-state index >= 15 is 0 Å². The van der Waals surface area contributed by atoms with Crippen molar-refractivity contribution in [1.29, 1.82) is 0 Å². The summed E-state index contributed by atoms with van der Waals surface area (Å²) in [7, 11) is 0. The Morgan fingerprint density at radius 1 is 1.12 bits per heavy atom. The molecule has 2 aliphatic rings. The van der Waals surface area contributed by atoms with Crippen LogP contribution in [0.25, 0.3) is 0 Å². The van der Waals surface area contributed by atoms with Gasteiger partial charge in [0.25, 0.3) is 5.69 Å². The summed E-state index contributed by atoms with van der Waals surface area (Å²) in [6.45, 7) is 0. The van der Waals surface area contributed by atoms with Gasteiger partial charge < -0.3 is 5.32 Å². The number of benzene rings is 2. The van der Waals surface area contributed by atoms with Crippen molar-refractivity contribution in [2.45, 2.75) is 18.4 Å². The van der Waals surface area contributed by atoms with Crippen LogP contribution in [0.15, 0.2) is 42.5 Å². The maximum absolute atomic E-state index is 11.2. The normalized spacial score (nSPS) is 23.7. The molecule has 1 N–H and O–H groups in total. The van der Waals surface area contributed by atoms with Gasteiger partial charge in [0.15, 0.2) is 0 Å². The largest absolute Gasteiger partial charge is 0.376 e. The van der Waals surface area contributed by atoms with E-state index in [0.29, 0.717) is 10.0 Å². The lowest BCUT2D eigenvalue weighted by Crippen LogP contribution is -2.29. The molecule has 1 heterocycles. The molecular formula is C18H13Cl3N2O2. The lowest BCUT2D eigenvalue weighted by molar-refractivity contribution is -0.384. The van der Waals surface area contributed by atoms with E-state index in [9.17, 15) is 10.1 Å². The van der Waals surface area contributed by atoms with Gasteiger partial charge in [-0.1, -0.05) is 53.0 Å². The average Bonchev–Trinajstić information content (AvgIpc) is 3.04. The predicted molar refractivity (Wildman–Crippen MR) is 101 cm³/mol. The van der Waals surface area contributed by atoms with Gasteiger partial charge in [-0.2, -0.15) is 0 Å². The molecule has 0 spiro atoms. The van der Waals surface area contributed by atoms with Crippen LogP contribution in [-0.2, 0) is 0 Å². The third kappa shape index (κ3) is 2.78. The van der Waals surface area contributed by atoms with Crippen LogP contribution in [0, 0.1) is 16.0 Å². The van der Waals surface area contributed by atoms with Gasteiger partial charge in [0.1, 0.15) is 5.02 Å². The summed E-state index contributed by atoms with van der Waals surface area (Å²) in [5, 5.41) is 16.0. The zero-order chi connectivity index (χ0) is 17.7. The molecule has 1 aliphatic carbocycles. The molecular weight excluding hydrogens is 383 g/mol. The summed E-state index contributed by atoms with van der Waals surface area (Å²) >= 11 is 18.5. The van der Waals surface area contributed by atoms with Crippen LogP contribution in [0.4, 0.5) is 11.4 Å². The zero-order valence-corrected chi connectivity index (χ0v) is 15.1. The first kappa shape index (κ1) is 16.7. The fourth-order valence-corrected chi connectivity index (χ4v) is 4.56. The Morgan fingerprint density at radius 2 is 1.92 bits per heavy atom. The van der Waals surface area contributed by atoms with E-state index < -0.39 is 4.92 Å². The highest BCUT2D eigenvalue weighted by molar-refractivity contribution is 6.36. The first-order valence-electron chi connectivity index (χ1n) is 7.81. The Kier molecular flexibility index (Phi) is 4.14. The second-order valence-electron chi connectivity index (χ2n) is 6.30. The Balaban J connectivity index is 1.82. The van der Waals surface area contributed by atoms with Crippen LogP contribution in [0.3, 0.4) is 0 Å². The molecule has 7 heteroatoms. The summed E-state index contributed by atoms with van der Waals surface area (Å²) in [5.41, 5.74) is 2.64. The first-order chi connectivity index (χ1) is 12.0. The van der Waals surface area contributed by atoms with Gasteiger partial charge in [-0.25, -0.2) is 0 Å². The summed E-state index contributed by atoms with van der Waals surface area (Å²) in [4.78, 5) is 10.8. The smallest absolute Gasteiger partial charge is 0.288 e. The SMILES string of the molecule is O=[N+]([O-])c1cc([C@H]2Nc3c(Cl)cc(Cl)cc3C3C=CCC32)ccc1Cl. The number of rotatable bonds is 2. The Hall–Kier alpha value is -1.75. The lowest BCUT2D eigenvalue weighted by atomic mass is 9.77. The molecule has 3 atom stereocenters. The van der Waals surface area contributed by atoms with Crippen molar-refractivity contribution in [3.05, 3.63) is 78.8 Å². The van der Waals surface area contributed by atoms with Crippen molar-refractivity contribution >= 4 is 46.2 Å². The molecule has 0 saturated heterocycles. The predicted octanol–water partition coefficient (Wildman–Crippen LogP) is 6.38. The van der Waals surface area contributed by atoms with E-state index in [1.807, 2.05) is 12.1 Å². The average molecular weight is 396 g/mol. The van der Waals surface area contributed by atoms with Crippen molar-refractivity contribution in [3.8, 4) is 0 Å². The number of nitrogens with zero attached hydrogens (tertiary/aromatic N) is 1. The van der Waals surface area contributed by atoms with Crippen molar-refractivity contribution in [3.63, 3.8) is 0 Å². The molecule has 2 unspecified atom stereocenters. The maximum Gasteiger partial charge on any atom is 0.288 e. The van der Waals surface area contributed by atoms with Crippen LogP contribution >= 0.6 is 34.8 Å². The summed E-state index contributed by atoms with van der Waals surface area (Å²) in [5.74, 6) is 0.412. The van der Waals surface area contributed by atoms with Crippen molar-refractivity contribution in [2.24, 2.45) is 5.92 Å². The molecule has 0 aromatic heterocycles. The molecule has 1 aliphatic heterocycles. The van der Waals surface area contributed by atoms with E-state index in [4.69, 9.17) is 34.8 Å². The highest BCUT2D eigenvalue weighted by atomic mass is 35.5. The van der Waals surface area contributed by atoms with Crippen LogP contribution in [0.1, 0.15) is 29.5 Å². The minimum absolute atomic E-state index is 0.0866.